The fraction of sp³-hybridized carbons (Fsp3) is 0.0606. The van der Waals surface area contributed by atoms with Crippen LogP contribution in [-0.4, -0.2) is 21.8 Å². The van der Waals surface area contributed by atoms with E-state index < -0.39 is 17.7 Å². The highest BCUT2D eigenvalue weighted by molar-refractivity contribution is 6.51. The number of anilines is 1. The maximum absolute atomic E-state index is 13.4. The molecule has 1 fully saturated rings. The number of ketones is 1. The summed E-state index contributed by atoms with van der Waals surface area (Å²) in [5, 5.41) is 13.3. The quantitative estimate of drug-likeness (QED) is 0.161. The van der Waals surface area contributed by atoms with Crippen LogP contribution in [0.1, 0.15) is 22.9 Å². The number of hydrogen-bond donors (Lipinski definition) is 1. The van der Waals surface area contributed by atoms with Gasteiger partial charge in [0.25, 0.3) is 11.7 Å². The van der Waals surface area contributed by atoms with Gasteiger partial charge in [-0.15, -0.1) is 0 Å². The van der Waals surface area contributed by atoms with Crippen molar-refractivity contribution in [2.45, 2.75) is 12.6 Å². The number of aromatic nitrogens is 1. The van der Waals surface area contributed by atoms with E-state index in [1.807, 2.05) is 66.7 Å². The van der Waals surface area contributed by atoms with Crippen LogP contribution >= 0.6 is 0 Å². The lowest BCUT2D eigenvalue weighted by Crippen LogP contribution is -2.29. The second-order valence-electron chi connectivity index (χ2n) is 9.25. The van der Waals surface area contributed by atoms with E-state index in [1.165, 1.54) is 4.90 Å². The van der Waals surface area contributed by atoms with E-state index in [4.69, 9.17) is 4.74 Å². The lowest BCUT2D eigenvalue weighted by molar-refractivity contribution is -0.132. The molecular formula is C33H24N2O4. The van der Waals surface area contributed by atoms with E-state index in [-0.39, 0.29) is 11.3 Å². The van der Waals surface area contributed by atoms with E-state index in [2.05, 4.69) is 4.98 Å². The highest BCUT2D eigenvalue weighted by Crippen LogP contribution is 2.42. The first kappa shape index (κ1) is 24.1. The van der Waals surface area contributed by atoms with Crippen LogP contribution in [0.3, 0.4) is 0 Å². The molecule has 2 heterocycles. The molecule has 5 aromatic rings. The van der Waals surface area contributed by atoms with Crippen molar-refractivity contribution < 1.29 is 19.4 Å². The summed E-state index contributed by atoms with van der Waals surface area (Å²) in [5.74, 6) is -1.10. The minimum absolute atomic E-state index is 0.00150. The number of nitrogens with zero attached hydrogens (tertiary/aromatic N) is 2. The second-order valence-corrected chi connectivity index (χ2v) is 9.25. The van der Waals surface area contributed by atoms with Crippen LogP contribution in [-0.2, 0) is 16.2 Å². The van der Waals surface area contributed by atoms with Crippen molar-refractivity contribution >= 4 is 33.9 Å². The molecule has 39 heavy (non-hydrogen) atoms. The molecule has 1 aliphatic heterocycles. The van der Waals surface area contributed by atoms with Crippen LogP contribution in [0.15, 0.2) is 127 Å². The summed E-state index contributed by atoms with van der Waals surface area (Å²) in [5.41, 5.74) is 2.47. The summed E-state index contributed by atoms with van der Waals surface area (Å²) in [6.45, 7) is 0.407. The molecule has 1 aliphatic rings. The Labute approximate surface area is 225 Å². The molecule has 0 spiro atoms. The zero-order valence-electron chi connectivity index (χ0n) is 20.9. The number of aliphatic hydroxyl groups excluding tert-OH is 1. The van der Waals surface area contributed by atoms with Gasteiger partial charge < -0.3 is 9.84 Å². The number of rotatable bonds is 6. The molecule has 1 aromatic heterocycles. The van der Waals surface area contributed by atoms with Crippen molar-refractivity contribution in [2.24, 2.45) is 0 Å². The maximum Gasteiger partial charge on any atom is 0.300 e. The molecule has 0 aliphatic carbocycles. The zero-order valence-corrected chi connectivity index (χ0v) is 20.9. The molecule has 1 amide bonds. The molecule has 6 heteroatoms. The van der Waals surface area contributed by atoms with E-state index in [1.54, 1.807) is 54.7 Å². The predicted molar refractivity (Wildman–Crippen MR) is 150 cm³/mol. The molecule has 4 aromatic carbocycles. The number of Topliss-reactive ketones (excluding diaryl/α,β-unsaturated/α-hetero) is 1. The lowest BCUT2D eigenvalue weighted by Gasteiger charge is -2.24. The van der Waals surface area contributed by atoms with E-state index in [0.29, 0.717) is 29.3 Å². The van der Waals surface area contributed by atoms with Gasteiger partial charge in [0, 0.05) is 17.4 Å². The van der Waals surface area contributed by atoms with Gasteiger partial charge in [-0.3, -0.25) is 19.5 Å². The van der Waals surface area contributed by atoms with Crippen molar-refractivity contribution in [1.82, 2.24) is 4.98 Å². The van der Waals surface area contributed by atoms with Crippen molar-refractivity contribution in [3.05, 3.63) is 144 Å². The Morgan fingerprint density at radius 1 is 0.795 bits per heavy atom. The van der Waals surface area contributed by atoms with Gasteiger partial charge in [-0.05, 0) is 58.8 Å². The Balaban J connectivity index is 1.39. The monoisotopic (exact) mass is 512 g/mol. The number of ether oxygens (including phenoxy) is 1. The average molecular weight is 513 g/mol. The smallest absolute Gasteiger partial charge is 0.300 e. The highest BCUT2D eigenvalue weighted by Gasteiger charge is 2.47. The third kappa shape index (κ3) is 4.64. The minimum atomic E-state index is -0.895. The molecular weight excluding hydrogens is 488 g/mol. The Kier molecular flexibility index (Phi) is 6.35. The topological polar surface area (TPSA) is 79.7 Å². The predicted octanol–water partition coefficient (Wildman–Crippen LogP) is 6.44. The normalized spacial score (nSPS) is 16.5. The van der Waals surface area contributed by atoms with Crippen molar-refractivity contribution in [3.8, 4) is 5.75 Å². The van der Waals surface area contributed by atoms with Crippen LogP contribution < -0.4 is 9.64 Å². The number of carbonyl (C=O) groups is 2. The number of benzene rings is 4. The Bertz CT molecular complexity index is 1700. The largest absolute Gasteiger partial charge is 0.507 e. The summed E-state index contributed by atoms with van der Waals surface area (Å²) < 4.78 is 5.89. The minimum Gasteiger partial charge on any atom is -0.507 e. The number of hydrogen-bond acceptors (Lipinski definition) is 5. The van der Waals surface area contributed by atoms with Gasteiger partial charge in [-0.2, -0.15) is 0 Å². The molecule has 0 saturated carbocycles. The Morgan fingerprint density at radius 2 is 1.51 bits per heavy atom. The number of aliphatic hydroxyl groups is 1. The van der Waals surface area contributed by atoms with Gasteiger partial charge in [0.05, 0.1) is 11.3 Å². The van der Waals surface area contributed by atoms with E-state index >= 15 is 0 Å². The van der Waals surface area contributed by atoms with Gasteiger partial charge in [0.2, 0.25) is 0 Å². The molecule has 1 saturated heterocycles. The molecule has 190 valence electrons. The molecule has 6 rings (SSSR count). The summed E-state index contributed by atoms with van der Waals surface area (Å²) in [6, 6.07) is 34.4. The summed E-state index contributed by atoms with van der Waals surface area (Å²) in [4.78, 5) is 32.7. The number of amides is 1. The summed E-state index contributed by atoms with van der Waals surface area (Å²) in [7, 11) is 0. The second kappa shape index (κ2) is 10.3. The third-order valence-corrected chi connectivity index (χ3v) is 6.80. The SMILES string of the molecule is O=C1C(=O)N(c2ccc(OCc3ccccc3)cc2)C(c2ccccn2)/C1=C(/O)c1ccc2ccccc2c1. The van der Waals surface area contributed by atoms with Gasteiger partial charge in [-0.25, -0.2) is 0 Å². The standard InChI is InChI=1S/C33H24N2O4/c36-31(25-14-13-23-10-4-5-11-24(23)20-25)29-30(28-12-6-7-19-34-28)35(33(38)32(29)37)26-15-17-27(18-16-26)39-21-22-8-2-1-3-9-22/h1-20,30,36H,21H2/b31-29-. The third-order valence-electron chi connectivity index (χ3n) is 6.80. The first-order valence-corrected chi connectivity index (χ1v) is 12.6. The fourth-order valence-electron chi connectivity index (χ4n) is 4.85. The summed E-state index contributed by atoms with van der Waals surface area (Å²) >= 11 is 0. The van der Waals surface area contributed by atoms with Crippen molar-refractivity contribution in [1.29, 1.82) is 0 Å². The van der Waals surface area contributed by atoms with Crippen LogP contribution in [0.2, 0.25) is 0 Å². The zero-order chi connectivity index (χ0) is 26.8. The lowest BCUT2D eigenvalue weighted by atomic mass is 9.97. The van der Waals surface area contributed by atoms with Crippen molar-refractivity contribution in [2.75, 3.05) is 4.90 Å². The first-order valence-electron chi connectivity index (χ1n) is 12.6. The Morgan fingerprint density at radius 3 is 2.26 bits per heavy atom. The summed E-state index contributed by atoms with van der Waals surface area (Å²) in [6.07, 6.45) is 1.60. The van der Waals surface area contributed by atoms with Crippen LogP contribution in [0, 0.1) is 0 Å². The van der Waals surface area contributed by atoms with Gasteiger partial charge in [-0.1, -0.05) is 72.8 Å². The number of fused-ring (bicyclic) bond motifs is 1. The molecule has 0 bridgehead atoms. The average Bonchev–Trinajstić information content (AvgIpc) is 3.26. The van der Waals surface area contributed by atoms with Gasteiger partial charge in [0.15, 0.2) is 0 Å². The van der Waals surface area contributed by atoms with Crippen LogP contribution in [0.5, 0.6) is 5.75 Å². The fourth-order valence-corrected chi connectivity index (χ4v) is 4.85. The molecule has 6 nitrogen and oxygen atoms in total. The number of carbonyl (C=O) groups excluding carboxylic acids is 2. The van der Waals surface area contributed by atoms with Gasteiger partial charge >= 0.3 is 0 Å². The molecule has 0 radical (unpaired) electrons. The molecule has 1 N–H and O–H groups in total. The number of pyridine rings is 1. The van der Waals surface area contributed by atoms with Crippen LogP contribution in [0.25, 0.3) is 16.5 Å². The Hall–Kier alpha value is -5.23. The molecule has 1 unspecified atom stereocenters. The van der Waals surface area contributed by atoms with Crippen molar-refractivity contribution in [3.63, 3.8) is 0 Å². The van der Waals surface area contributed by atoms with Crippen LogP contribution in [0.4, 0.5) is 5.69 Å². The maximum atomic E-state index is 13.4. The first-order chi connectivity index (χ1) is 19.1. The van der Waals surface area contributed by atoms with E-state index in [0.717, 1.165) is 16.3 Å². The van der Waals surface area contributed by atoms with E-state index in [9.17, 15) is 14.7 Å². The molecule has 1 atom stereocenters. The van der Waals surface area contributed by atoms with Gasteiger partial charge in [0.1, 0.15) is 24.2 Å². The highest BCUT2D eigenvalue weighted by atomic mass is 16.5.